The Morgan fingerprint density at radius 3 is 2.44 bits per heavy atom. The SMILES string of the molecule is CCc1cc(C(=O)O)nc2ccc(OCC34CCC(OCc5c(-c6c(Cl)cncc6Cl)noc5C5CC5)(CC3)CC4)cc12. The van der Waals surface area contributed by atoms with Gasteiger partial charge in [-0.05, 0) is 87.6 Å². The Labute approximate surface area is 259 Å². The van der Waals surface area contributed by atoms with Crippen molar-refractivity contribution in [2.24, 2.45) is 5.41 Å². The van der Waals surface area contributed by atoms with Crippen LogP contribution in [0.3, 0.4) is 0 Å². The van der Waals surface area contributed by atoms with Gasteiger partial charge in [0.2, 0.25) is 0 Å². The fraction of sp³-hybridized carbons (Fsp3) is 0.455. The van der Waals surface area contributed by atoms with Crippen LogP contribution in [-0.4, -0.2) is 38.4 Å². The van der Waals surface area contributed by atoms with Gasteiger partial charge in [-0.25, -0.2) is 9.78 Å². The van der Waals surface area contributed by atoms with Gasteiger partial charge in [0.05, 0.1) is 34.4 Å². The Kier molecular flexibility index (Phi) is 7.35. The molecule has 0 amide bonds. The summed E-state index contributed by atoms with van der Waals surface area (Å²) in [6.07, 6.45) is 12.1. The molecule has 2 bridgehead atoms. The van der Waals surface area contributed by atoms with Crippen LogP contribution in [0.5, 0.6) is 5.75 Å². The minimum absolute atomic E-state index is 0.0704. The van der Waals surface area contributed by atoms with E-state index in [1.54, 1.807) is 18.5 Å². The number of carboxylic acids is 1. The molecule has 10 heteroatoms. The fourth-order valence-electron chi connectivity index (χ4n) is 6.85. The summed E-state index contributed by atoms with van der Waals surface area (Å²) in [5, 5.41) is 15.6. The molecule has 0 atom stereocenters. The number of rotatable bonds is 10. The highest BCUT2D eigenvalue weighted by Gasteiger charge is 2.50. The summed E-state index contributed by atoms with van der Waals surface area (Å²) in [7, 11) is 0. The van der Waals surface area contributed by atoms with Gasteiger partial charge in [-0.3, -0.25) is 4.98 Å². The van der Waals surface area contributed by atoms with Crippen molar-refractivity contribution < 1.29 is 23.9 Å². The van der Waals surface area contributed by atoms with E-state index in [1.165, 1.54) is 0 Å². The van der Waals surface area contributed by atoms with E-state index in [4.69, 9.17) is 37.2 Å². The smallest absolute Gasteiger partial charge is 0.354 e. The van der Waals surface area contributed by atoms with Crippen LogP contribution >= 0.6 is 23.2 Å². The lowest BCUT2D eigenvalue weighted by Gasteiger charge is -2.52. The quantitative estimate of drug-likeness (QED) is 0.188. The van der Waals surface area contributed by atoms with Crippen LogP contribution in [0.15, 0.2) is 41.2 Å². The van der Waals surface area contributed by atoms with Gasteiger partial charge in [-0.1, -0.05) is 35.3 Å². The first-order chi connectivity index (χ1) is 20.8. The van der Waals surface area contributed by atoms with Crippen molar-refractivity contribution in [2.45, 2.75) is 82.8 Å². The molecule has 4 aliphatic rings. The fourth-order valence-corrected chi connectivity index (χ4v) is 7.40. The van der Waals surface area contributed by atoms with Gasteiger partial charge >= 0.3 is 5.97 Å². The number of hydrogen-bond donors (Lipinski definition) is 1. The third kappa shape index (κ3) is 5.38. The maximum Gasteiger partial charge on any atom is 0.354 e. The molecule has 224 valence electrons. The minimum Gasteiger partial charge on any atom is -0.493 e. The first-order valence-corrected chi connectivity index (χ1v) is 15.8. The molecule has 0 aliphatic heterocycles. The van der Waals surface area contributed by atoms with Crippen molar-refractivity contribution in [3.63, 3.8) is 0 Å². The number of fused-ring (bicyclic) bond motifs is 4. The summed E-state index contributed by atoms with van der Waals surface area (Å²) in [4.78, 5) is 19.9. The van der Waals surface area contributed by atoms with Gasteiger partial charge < -0.3 is 19.1 Å². The highest BCUT2D eigenvalue weighted by atomic mass is 35.5. The van der Waals surface area contributed by atoms with E-state index in [0.29, 0.717) is 46.0 Å². The molecule has 1 aromatic carbocycles. The third-order valence-electron chi connectivity index (χ3n) is 9.72. The van der Waals surface area contributed by atoms with Gasteiger partial charge in [0, 0.05) is 40.2 Å². The Balaban J connectivity index is 1.03. The number of ether oxygens (including phenoxy) is 2. The Hall–Kier alpha value is -3.20. The van der Waals surface area contributed by atoms with E-state index in [1.807, 2.05) is 25.1 Å². The van der Waals surface area contributed by atoms with Gasteiger partial charge in [-0.2, -0.15) is 0 Å². The summed E-state index contributed by atoms with van der Waals surface area (Å²) < 4.78 is 19.0. The molecule has 4 saturated carbocycles. The number of halogens is 2. The predicted molar refractivity (Wildman–Crippen MR) is 163 cm³/mol. The van der Waals surface area contributed by atoms with Crippen LogP contribution < -0.4 is 4.74 Å². The number of carbonyl (C=O) groups is 1. The van der Waals surface area contributed by atoms with E-state index in [2.05, 4.69) is 15.1 Å². The molecule has 3 heterocycles. The van der Waals surface area contributed by atoms with Crippen molar-refractivity contribution >= 4 is 40.1 Å². The van der Waals surface area contributed by atoms with Crippen molar-refractivity contribution in [3.8, 4) is 17.0 Å². The van der Waals surface area contributed by atoms with Gasteiger partial charge in [0.25, 0.3) is 0 Å². The summed E-state index contributed by atoms with van der Waals surface area (Å²) in [5.41, 5.74) is 3.90. The molecule has 0 saturated heterocycles. The summed E-state index contributed by atoms with van der Waals surface area (Å²) in [6, 6.07) is 7.41. The molecular weight excluding hydrogens is 589 g/mol. The molecule has 8 rings (SSSR count). The van der Waals surface area contributed by atoms with Crippen LogP contribution in [0, 0.1) is 5.41 Å². The Morgan fingerprint density at radius 2 is 1.79 bits per heavy atom. The van der Waals surface area contributed by atoms with E-state index in [0.717, 1.165) is 85.8 Å². The van der Waals surface area contributed by atoms with E-state index >= 15 is 0 Å². The molecule has 0 radical (unpaired) electrons. The monoisotopic (exact) mass is 621 g/mol. The zero-order valence-corrected chi connectivity index (χ0v) is 25.5. The second-order valence-corrected chi connectivity index (χ2v) is 13.2. The van der Waals surface area contributed by atoms with Crippen LogP contribution in [-0.2, 0) is 17.8 Å². The normalized spacial score (nSPS) is 23.1. The Morgan fingerprint density at radius 1 is 1.07 bits per heavy atom. The average molecular weight is 623 g/mol. The summed E-state index contributed by atoms with van der Waals surface area (Å²) >= 11 is 13.0. The molecule has 0 spiro atoms. The van der Waals surface area contributed by atoms with Crippen molar-refractivity contribution in [3.05, 3.63) is 69.3 Å². The maximum absolute atomic E-state index is 11.5. The molecule has 4 fully saturated rings. The number of carboxylic acid groups (broad SMARTS) is 1. The van der Waals surface area contributed by atoms with Crippen LogP contribution in [0.2, 0.25) is 10.0 Å². The zero-order chi connectivity index (χ0) is 29.8. The lowest BCUT2D eigenvalue weighted by molar-refractivity contribution is -0.150. The van der Waals surface area contributed by atoms with Crippen LogP contribution in [0.1, 0.15) is 91.6 Å². The number of aromatic carboxylic acids is 1. The molecular formula is C33H33Cl2N3O5. The number of pyridine rings is 2. The maximum atomic E-state index is 11.5. The van der Waals surface area contributed by atoms with E-state index < -0.39 is 5.97 Å². The van der Waals surface area contributed by atoms with Crippen LogP contribution in [0.25, 0.3) is 22.2 Å². The molecule has 8 nitrogen and oxygen atoms in total. The third-order valence-corrected chi connectivity index (χ3v) is 10.3. The average Bonchev–Trinajstić information content (AvgIpc) is 3.79. The zero-order valence-electron chi connectivity index (χ0n) is 24.0. The van der Waals surface area contributed by atoms with E-state index in [-0.39, 0.29) is 16.7 Å². The first-order valence-electron chi connectivity index (χ1n) is 15.0. The highest BCUT2D eigenvalue weighted by Crippen LogP contribution is 2.55. The molecule has 3 aromatic heterocycles. The lowest BCUT2D eigenvalue weighted by atomic mass is 9.59. The topological polar surface area (TPSA) is 108 Å². The number of benzene rings is 1. The van der Waals surface area contributed by atoms with Crippen molar-refractivity contribution in [1.82, 2.24) is 15.1 Å². The van der Waals surface area contributed by atoms with E-state index in [9.17, 15) is 9.90 Å². The Bertz CT molecular complexity index is 1670. The predicted octanol–water partition coefficient (Wildman–Crippen LogP) is 8.42. The minimum atomic E-state index is -1.02. The summed E-state index contributed by atoms with van der Waals surface area (Å²) in [6.45, 7) is 3.08. The molecule has 1 N–H and O–H groups in total. The molecule has 43 heavy (non-hydrogen) atoms. The molecule has 4 aliphatic carbocycles. The van der Waals surface area contributed by atoms with Crippen LogP contribution in [0.4, 0.5) is 0 Å². The second kappa shape index (κ2) is 11.1. The number of nitrogens with zero attached hydrogens (tertiary/aromatic N) is 3. The lowest BCUT2D eigenvalue weighted by Crippen LogP contribution is -2.49. The standard InChI is InChI=1S/C33H33Cl2N3O5/c1-2-19-13-27(31(39)40)37-26-6-5-21(14-22(19)26)41-18-32-7-10-33(11-8-32,12-9-32)42-17-23-29(38-43-30(23)20-3-4-20)28-24(34)15-36-16-25(28)35/h5-6,13-16,20H,2-4,7-12,17-18H2,1H3,(H,39,40). The number of aromatic nitrogens is 3. The number of hydrogen-bond acceptors (Lipinski definition) is 7. The molecule has 0 unspecified atom stereocenters. The van der Waals surface area contributed by atoms with Crippen molar-refractivity contribution in [1.29, 1.82) is 0 Å². The van der Waals surface area contributed by atoms with Gasteiger partial charge in [-0.15, -0.1) is 0 Å². The largest absolute Gasteiger partial charge is 0.493 e. The number of aryl methyl sites for hydroxylation is 1. The summed E-state index contributed by atoms with van der Waals surface area (Å²) in [5.74, 6) is 1.04. The molecule has 4 aromatic rings. The van der Waals surface area contributed by atoms with Crippen molar-refractivity contribution in [2.75, 3.05) is 6.61 Å². The van der Waals surface area contributed by atoms with Gasteiger partial charge in [0.15, 0.2) is 0 Å². The first kappa shape index (κ1) is 28.6. The second-order valence-electron chi connectivity index (χ2n) is 12.4. The highest BCUT2D eigenvalue weighted by molar-refractivity contribution is 6.38. The van der Waals surface area contributed by atoms with Gasteiger partial charge in [0.1, 0.15) is 22.9 Å².